The van der Waals surface area contributed by atoms with E-state index in [1.54, 1.807) is 12.1 Å². The maximum absolute atomic E-state index is 12.9. The number of alkyl halides is 6. The fraction of sp³-hybridized carbons (Fsp3) is 0.206. The van der Waals surface area contributed by atoms with Crippen molar-refractivity contribution in [1.82, 2.24) is 5.32 Å². The Bertz CT molecular complexity index is 1560. The van der Waals surface area contributed by atoms with E-state index in [1.807, 2.05) is 56.3 Å². The Morgan fingerprint density at radius 1 is 0.744 bits per heavy atom. The van der Waals surface area contributed by atoms with Crippen LogP contribution in [0.5, 0.6) is 0 Å². The van der Waals surface area contributed by atoms with Gasteiger partial charge in [0.05, 0.1) is 17.2 Å². The molecule has 0 fully saturated rings. The van der Waals surface area contributed by atoms with Gasteiger partial charge in [0, 0.05) is 0 Å². The highest BCUT2D eigenvalue weighted by Gasteiger charge is 2.31. The molecular formula is C34H31F6NO2. The van der Waals surface area contributed by atoms with Crippen LogP contribution in [0.2, 0.25) is 0 Å². The van der Waals surface area contributed by atoms with Crippen LogP contribution >= 0.6 is 0 Å². The van der Waals surface area contributed by atoms with E-state index >= 15 is 0 Å². The second-order valence-electron chi connectivity index (χ2n) is 9.77. The van der Waals surface area contributed by atoms with Crippen molar-refractivity contribution >= 4 is 16.9 Å². The van der Waals surface area contributed by atoms with E-state index in [2.05, 4.69) is 18.5 Å². The molecule has 3 atom stereocenters. The molecule has 0 aliphatic rings. The van der Waals surface area contributed by atoms with Crippen LogP contribution in [0.15, 0.2) is 116 Å². The Labute approximate surface area is 246 Å². The Morgan fingerprint density at radius 2 is 1.28 bits per heavy atom. The zero-order chi connectivity index (χ0) is 31.8. The number of carbonyl (C=O) groups excluding carboxylic acids is 1. The third-order valence-electron chi connectivity index (χ3n) is 6.71. The average molecular weight is 600 g/mol. The largest absolute Gasteiger partial charge is 0.437 e. The summed E-state index contributed by atoms with van der Waals surface area (Å²) < 4.78 is 81.1. The topological polar surface area (TPSA) is 38.3 Å². The predicted octanol–water partition coefficient (Wildman–Crippen LogP) is 10.6. The second kappa shape index (κ2) is 14.1. The quantitative estimate of drug-likeness (QED) is 0.170. The smallest absolute Gasteiger partial charge is 0.416 e. The lowest BCUT2D eigenvalue weighted by Gasteiger charge is -2.20. The first kappa shape index (κ1) is 33.0. The summed E-state index contributed by atoms with van der Waals surface area (Å²) in [4.78, 5) is 12.4. The number of hydrogen-bond donors (Lipinski definition) is 1. The standard InChI is InChI=1S/C23H20F3NO2.C11H11F3/c1-3-21(17-10-6-11-18(14-17)23(24,25)26)29-22(28)27-15(2)19-13-7-9-16-8-4-5-12-20(16)19;1-3-8(2)9-5-4-6-10(7-9)11(12,13)14/h3-15,21H,1H2,2H3,(H,27,28);3-8H,1H2,2H3. The molecule has 3 unspecified atom stereocenters. The van der Waals surface area contributed by atoms with Gasteiger partial charge in [-0.25, -0.2) is 4.79 Å². The third kappa shape index (κ3) is 8.98. The van der Waals surface area contributed by atoms with Crippen molar-refractivity contribution < 1.29 is 35.9 Å². The molecule has 0 saturated carbocycles. The van der Waals surface area contributed by atoms with Gasteiger partial charge in [-0.3, -0.25) is 0 Å². The molecule has 0 radical (unpaired) electrons. The molecule has 4 rings (SSSR count). The summed E-state index contributed by atoms with van der Waals surface area (Å²) in [6.45, 7) is 10.7. The van der Waals surface area contributed by atoms with E-state index in [0.29, 0.717) is 5.56 Å². The number of alkyl carbamates (subject to hydrolysis) is 1. The highest BCUT2D eigenvalue weighted by molar-refractivity contribution is 5.86. The molecule has 43 heavy (non-hydrogen) atoms. The van der Waals surface area contributed by atoms with Crippen molar-refractivity contribution in [3.8, 4) is 0 Å². The number of ether oxygens (including phenoxy) is 1. The summed E-state index contributed by atoms with van der Waals surface area (Å²) in [5, 5.41) is 4.78. The Balaban J connectivity index is 0.000000303. The maximum atomic E-state index is 12.9. The van der Waals surface area contributed by atoms with Gasteiger partial charge in [-0.05, 0) is 64.6 Å². The summed E-state index contributed by atoms with van der Waals surface area (Å²) in [5.74, 6) is -0.0581. The fourth-order valence-electron chi connectivity index (χ4n) is 4.31. The molecule has 0 heterocycles. The van der Waals surface area contributed by atoms with Crippen LogP contribution in [0.1, 0.15) is 59.7 Å². The first-order chi connectivity index (χ1) is 20.2. The summed E-state index contributed by atoms with van der Waals surface area (Å²) in [7, 11) is 0. The molecule has 1 amide bonds. The number of halogens is 6. The number of benzene rings is 4. The minimum Gasteiger partial charge on any atom is -0.437 e. The van der Waals surface area contributed by atoms with Gasteiger partial charge in [-0.2, -0.15) is 26.3 Å². The average Bonchev–Trinajstić information content (AvgIpc) is 2.98. The Kier molecular flexibility index (Phi) is 10.8. The Hall–Kier alpha value is -4.53. The van der Waals surface area contributed by atoms with E-state index in [1.165, 1.54) is 24.3 Å². The monoisotopic (exact) mass is 599 g/mol. The van der Waals surface area contributed by atoms with E-state index < -0.39 is 35.7 Å². The first-order valence-corrected chi connectivity index (χ1v) is 13.3. The number of rotatable bonds is 7. The van der Waals surface area contributed by atoms with Gasteiger partial charge in [0.1, 0.15) is 6.10 Å². The van der Waals surface area contributed by atoms with Gasteiger partial charge in [-0.15, -0.1) is 6.58 Å². The lowest BCUT2D eigenvalue weighted by atomic mass is 9.99. The SMILES string of the molecule is C=CC(C)c1cccc(C(F)(F)F)c1.C=CC(OC(=O)NC(C)c1cccc2ccccc12)c1cccc(C(F)(F)F)c1. The summed E-state index contributed by atoms with van der Waals surface area (Å²) in [5.41, 5.74) is 0.325. The predicted molar refractivity (Wildman–Crippen MR) is 156 cm³/mol. The minimum atomic E-state index is -4.48. The van der Waals surface area contributed by atoms with Crippen LogP contribution in [-0.2, 0) is 17.1 Å². The number of nitrogens with one attached hydrogen (secondary N) is 1. The number of carbonyl (C=O) groups is 1. The van der Waals surface area contributed by atoms with Crippen molar-refractivity contribution in [2.45, 2.75) is 44.3 Å². The maximum Gasteiger partial charge on any atom is 0.416 e. The minimum absolute atomic E-state index is 0.0581. The van der Waals surface area contributed by atoms with E-state index in [4.69, 9.17) is 4.74 Å². The van der Waals surface area contributed by atoms with Gasteiger partial charge in [0.15, 0.2) is 0 Å². The van der Waals surface area contributed by atoms with Crippen molar-refractivity contribution in [2.24, 2.45) is 0 Å². The van der Waals surface area contributed by atoms with Crippen LogP contribution in [0.4, 0.5) is 31.1 Å². The van der Waals surface area contributed by atoms with Crippen molar-refractivity contribution in [3.63, 3.8) is 0 Å². The van der Waals surface area contributed by atoms with Crippen LogP contribution in [0, 0.1) is 0 Å². The van der Waals surface area contributed by atoms with Crippen LogP contribution in [-0.4, -0.2) is 6.09 Å². The van der Waals surface area contributed by atoms with Gasteiger partial charge in [0.25, 0.3) is 0 Å². The molecule has 0 saturated heterocycles. The fourth-order valence-corrected chi connectivity index (χ4v) is 4.31. The molecular weight excluding hydrogens is 568 g/mol. The summed E-state index contributed by atoms with van der Waals surface area (Å²) >= 11 is 0. The zero-order valence-corrected chi connectivity index (χ0v) is 23.5. The lowest BCUT2D eigenvalue weighted by Crippen LogP contribution is -2.28. The van der Waals surface area contributed by atoms with E-state index in [9.17, 15) is 31.1 Å². The summed E-state index contributed by atoms with van der Waals surface area (Å²) in [6, 6.07) is 23.2. The lowest BCUT2D eigenvalue weighted by molar-refractivity contribution is -0.138. The normalized spacial score (nSPS) is 13.6. The van der Waals surface area contributed by atoms with Crippen LogP contribution < -0.4 is 5.32 Å². The molecule has 4 aromatic rings. The molecule has 3 nitrogen and oxygen atoms in total. The van der Waals surface area contributed by atoms with Crippen LogP contribution in [0.3, 0.4) is 0 Å². The zero-order valence-electron chi connectivity index (χ0n) is 23.5. The number of fused-ring (bicyclic) bond motifs is 1. The molecule has 0 aliphatic heterocycles. The molecule has 0 aromatic heterocycles. The van der Waals surface area contributed by atoms with Crippen molar-refractivity contribution in [3.05, 3.63) is 144 Å². The molecule has 0 aliphatic carbocycles. The molecule has 0 bridgehead atoms. The van der Waals surface area contributed by atoms with Crippen molar-refractivity contribution in [2.75, 3.05) is 0 Å². The first-order valence-electron chi connectivity index (χ1n) is 13.3. The molecule has 4 aromatic carbocycles. The van der Waals surface area contributed by atoms with Crippen molar-refractivity contribution in [1.29, 1.82) is 0 Å². The summed E-state index contributed by atoms with van der Waals surface area (Å²) in [6.07, 6.45) is -7.58. The number of allylic oxidation sites excluding steroid dienone is 1. The van der Waals surface area contributed by atoms with Gasteiger partial charge in [0.2, 0.25) is 0 Å². The number of hydrogen-bond acceptors (Lipinski definition) is 2. The molecule has 9 heteroatoms. The number of amides is 1. The van der Waals surface area contributed by atoms with Gasteiger partial charge < -0.3 is 10.1 Å². The second-order valence-corrected chi connectivity index (χ2v) is 9.77. The van der Waals surface area contributed by atoms with Gasteiger partial charge in [-0.1, -0.05) is 92.4 Å². The van der Waals surface area contributed by atoms with E-state index in [0.717, 1.165) is 40.6 Å². The van der Waals surface area contributed by atoms with E-state index in [-0.39, 0.29) is 17.5 Å². The molecule has 226 valence electrons. The molecule has 1 N–H and O–H groups in total. The highest BCUT2D eigenvalue weighted by Crippen LogP contribution is 2.33. The highest BCUT2D eigenvalue weighted by atomic mass is 19.4. The van der Waals surface area contributed by atoms with Crippen LogP contribution in [0.25, 0.3) is 10.8 Å². The Morgan fingerprint density at radius 3 is 1.86 bits per heavy atom. The third-order valence-corrected chi connectivity index (χ3v) is 6.71. The van der Waals surface area contributed by atoms with Gasteiger partial charge >= 0.3 is 18.4 Å². The molecule has 0 spiro atoms.